The molecule has 0 saturated heterocycles. The average Bonchev–Trinajstić information content (AvgIpc) is 2.46. The second-order valence-electron chi connectivity index (χ2n) is 2.27. The standard InChI is InChI=1S/C6H4ClN3O2S/c7-4-1-2-5-8-3-6(13(11)12)10(5)9-4/h1-3H,(H,11,12). The van der Waals surface area contributed by atoms with Crippen molar-refractivity contribution in [3.63, 3.8) is 0 Å². The van der Waals surface area contributed by atoms with Crippen molar-refractivity contribution in [1.29, 1.82) is 0 Å². The van der Waals surface area contributed by atoms with Crippen molar-refractivity contribution >= 4 is 28.3 Å². The summed E-state index contributed by atoms with van der Waals surface area (Å²) in [5.74, 6) is 0. The maximum absolute atomic E-state index is 10.8. The number of hydrogen-bond acceptors (Lipinski definition) is 3. The Hall–Kier alpha value is -0.980. The Labute approximate surface area is 80.6 Å². The Morgan fingerprint density at radius 3 is 3.00 bits per heavy atom. The number of nitrogens with zero attached hydrogens (tertiary/aromatic N) is 3. The van der Waals surface area contributed by atoms with Gasteiger partial charge in [-0.25, -0.2) is 13.7 Å². The van der Waals surface area contributed by atoms with Crippen LogP contribution in [-0.2, 0) is 11.1 Å². The first-order valence-electron chi connectivity index (χ1n) is 3.29. The summed E-state index contributed by atoms with van der Waals surface area (Å²) in [6.45, 7) is 0. The highest BCUT2D eigenvalue weighted by Gasteiger charge is 2.09. The molecule has 1 unspecified atom stereocenters. The fourth-order valence-corrected chi connectivity index (χ4v) is 1.51. The zero-order chi connectivity index (χ0) is 9.42. The number of imidazole rings is 1. The van der Waals surface area contributed by atoms with Gasteiger partial charge >= 0.3 is 0 Å². The van der Waals surface area contributed by atoms with Gasteiger partial charge in [0.25, 0.3) is 0 Å². The van der Waals surface area contributed by atoms with E-state index in [9.17, 15) is 4.21 Å². The molecular weight excluding hydrogens is 214 g/mol. The molecule has 0 fully saturated rings. The van der Waals surface area contributed by atoms with Gasteiger partial charge < -0.3 is 4.55 Å². The van der Waals surface area contributed by atoms with Crippen LogP contribution in [-0.4, -0.2) is 23.4 Å². The van der Waals surface area contributed by atoms with Crippen molar-refractivity contribution in [2.45, 2.75) is 5.03 Å². The zero-order valence-corrected chi connectivity index (χ0v) is 7.79. The quantitative estimate of drug-likeness (QED) is 0.723. The Balaban J connectivity index is 2.79. The third-order valence-electron chi connectivity index (χ3n) is 1.48. The molecule has 0 saturated carbocycles. The van der Waals surface area contributed by atoms with Crippen molar-refractivity contribution in [3.8, 4) is 0 Å². The van der Waals surface area contributed by atoms with Gasteiger partial charge in [-0.3, -0.25) is 0 Å². The van der Waals surface area contributed by atoms with E-state index in [2.05, 4.69) is 10.1 Å². The van der Waals surface area contributed by atoms with Gasteiger partial charge in [-0.05, 0) is 12.1 Å². The maximum atomic E-state index is 10.8. The third kappa shape index (κ3) is 1.43. The van der Waals surface area contributed by atoms with Crippen LogP contribution in [0.4, 0.5) is 0 Å². The van der Waals surface area contributed by atoms with E-state index in [4.69, 9.17) is 16.2 Å². The maximum Gasteiger partial charge on any atom is 0.207 e. The first-order chi connectivity index (χ1) is 6.18. The lowest BCUT2D eigenvalue weighted by atomic mass is 10.6. The molecule has 2 heterocycles. The minimum atomic E-state index is -2.10. The zero-order valence-electron chi connectivity index (χ0n) is 6.22. The molecule has 0 aromatic carbocycles. The number of rotatable bonds is 1. The summed E-state index contributed by atoms with van der Waals surface area (Å²) in [4.78, 5) is 3.87. The van der Waals surface area contributed by atoms with Crippen LogP contribution in [0.5, 0.6) is 0 Å². The van der Waals surface area contributed by atoms with Crippen LogP contribution in [0, 0.1) is 0 Å². The average molecular weight is 218 g/mol. The van der Waals surface area contributed by atoms with E-state index in [1.54, 1.807) is 12.1 Å². The van der Waals surface area contributed by atoms with Crippen LogP contribution >= 0.6 is 11.6 Å². The van der Waals surface area contributed by atoms with E-state index in [-0.39, 0.29) is 10.2 Å². The predicted octanol–water partition coefficient (Wildman–Crippen LogP) is 0.963. The van der Waals surface area contributed by atoms with Crippen molar-refractivity contribution in [2.24, 2.45) is 0 Å². The van der Waals surface area contributed by atoms with Gasteiger partial charge in [0.15, 0.2) is 10.7 Å². The molecule has 0 amide bonds. The summed E-state index contributed by atoms with van der Waals surface area (Å²) in [6, 6.07) is 3.18. The van der Waals surface area contributed by atoms with Crippen LogP contribution in [0.2, 0.25) is 5.15 Å². The highest BCUT2D eigenvalue weighted by molar-refractivity contribution is 7.79. The van der Waals surface area contributed by atoms with Gasteiger partial charge in [-0.2, -0.15) is 5.10 Å². The summed E-state index contributed by atoms with van der Waals surface area (Å²) >= 11 is 3.51. The molecule has 1 atom stereocenters. The summed E-state index contributed by atoms with van der Waals surface area (Å²) in [5, 5.41) is 4.18. The van der Waals surface area contributed by atoms with Crippen molar-refractivity contribution in [2.75, 3.05) is 0 Å². The van der Waals surface area contributed by atoms with Gasteiger partial charge in [-0.15, -0.1) is 0 Å². The summed E-state index contributed by atoms with van der Waals surface area (Å²) in [7, 11) is 0. The molecule has 0 aliphatic rings. The van der Waals surface area contributed by atoms with Crippen molar-refractivity contribution < 1.29 is 8.76 Å². The summed E-state index contributed by atoms with van der Waals surface area (Å²) in [6.07, 6.45) is 1.29. The molecule has 5 nitrogen and oxygen atoms in total. The molecule has 0 radical (unpaired) electrons. The van der Waals surface area contributed by atoms with E-state index in [1.807, 2.05) is 0 Å². The second-order valence-corrected chi connectivity index (χ2v) is 3.58. The second kappa shape index (κ2) is 3.06. The van der Waals surface area contributed by atoms with Crippen LogP contribution in [0.25, 0.3) is 5.65 Å². The van der Waals surface area contributed by atoms with Crippen LogP contribution in [0.15, 0.2) is 23.4 Å². The SMILES string of the molecule is O=S(O)c1cnc2ccc(Cl)nn12. The lowest BCUT2D eigenvalue weighted by Crippen LogP contribution is -1.98. The summed E-state index contributed by atoms with van der Waals surface area (Å²) in [5.41, 5.74) is 0.488. The Bertz CT molecular complexity index is 484. The first-order valence-corrected chi connectivity index (χ1v) is 4.78. The monoisotopic (exact) mass is 217 g/mol. The van der Waals surface area contributed by atoms with E-state index in [0.717, 1.165) is 0 Å². The van der Waals surface area contributed by atoms with E-state index >= 15 is 0 Å². The van der Waals surface area contributed by atoms with E-state index in [0.29, 0.717) is 5.65 Å². The topological polar surface area (TPSA) is 67.5 Å². The van der Waals surface area contributed by atoms with Gasteiger partial charge in [0.2, 0.25) is 11.1 Å². The number of hydrogen-bond donors (Lipinski definition) is 1. The highest BCUT2D eigenvalue weighted by Crippen LogP contribution is 2.10. The fraction of sp³-hybridized carbons (Fsp3) is 0. The first kappa shape index (κ1) is 8.61. The molecule has 0 spiro atoms. The molecule has 0 aliphatic heterocycles. The smallest absolute Gasteiger partial charge is 0.207 e. The number of halogens is 1. The highest BCUT2D eigenvalue weighted by atomic mass is 35.5. The van der Waals surface area contributed by atoms with Gasteiger partial charge in [-0.1, -0.05) is 11.6 Å². The predicted molar refractivity (Wildman–Crippen MR) is 47.0 cm³/mol. The normalized spacial score (nSPS) is 13.4. The van der Waals surface area contributed by atoms with Crippen LogP contribution in [0.1, 0.15) is 0 Å². The molecular formula is C6H4ClN3O2S. The molecule has 2 rings (SSSR count). The Kier molecular flexibility index (Phi) is 2.03. The molecule has 1 N–H and O–H groups in total. The Morgan fingerprint density at radius 2 is 2.31 bits per heavy atom. The van der Waals surface area contributed by atoms with Crippen LogP contribution < -0.4 is 0 Å². The van der Waals surface area contributed by atoms with Crippen molar-refractivity contribution in [1.82, 2.24) is 14.6 Å². The molecule has 13 heavy (non-hydrogen) atoms. The fourth-order valence-electron chi connectivity index (χ4n) is 0.949. The third-order valence-corrected chi connectivity index (χ3v) is 2.32. The minimum Gasteiger partial charge on any atom is -0.301 e. The van der Waals surface area contributed by atoms with Gasteiger partial charge in [0.1, 0.15) is 5.15 Å². The lowest BCUT2D eigenvalue weighted by Gasteiger charge is -1.95. The summed E-state index contributed by atoms with van der Waals surface area (Å²) < 4.78 is 20.8. The molecule has 0 bridgehead atoms. The minimum absolute atomic E-state index is 0.109. The molecule has 7 heteroatoms. The number of fused-ring (bicyclic) bond motifs is 1. The van der Waals surface area contributed by atoms with Crippen molar-refractivity contribution in [3.05, 3.63) is 23.5 Å². The molecule has 0 aliphatic carbocycles. The molecule has 68 valence electrons. The molecule has 2 aromatic rings. The molecule has 2 aromatic heterocycles. The number of aromatic nitrogens is 3. The van der Waals surface area contributed by atoms with E-state index in [1.165, 1.54) is 10.7 Å². The van der Waals surface area contributed by atoms with Gasteiger partial charge in [0, 0.05) is 0 Å². The van der Waals surface area contributed by atoms with Crippen LogP contribution in [0.3, 0.4) is 0 Å². The Morgan fingerprint density at radius 1 is 1.54 bits per heavy atom. The lowest BCUT2D eigenvalue weighted by molar-refractivity contribution is 0.556. The largest absolute Gasteiger partial charge is 0.301 e. The van der Waals surface area contributed by atoms with E-state index < -0.39 is 11.1 Å². The van der Waals surface area contributed by atoms with Gasteiger partial charge in [0.05, 0.1) is 6.20 Å².